The highest BCUT2D eigenvalue weighted by atomic mass is 16.6. The summed E-state index contributed by atoms with van der Waals surface area (Å²) in [4.78, 5) is 14.1. The van der Waals surface area contributed by atoms with Crippen LogP contribution in [0.4, 0.5) is 4.79 Å². The van der Waals surface area contributed by atoms with E-state index in [2.05, 4.69) is 19.2 Å². The Bertz CT molecular complexity index is 372. The largest absolute Gasteiger partial charge is 0.444 e. The lowest BCUT2D eigenvalue weighted by molar-refractivity contribution is 0.00880. The number of amides is 1. The molecule has 3 atom stereocenters. The number of rotatable bonds is 3. The quantitative estimate of drug-likeness (QED) is 0.858. The second kappa shape index (κ2) is 7.20. The van der Waals surface area contributed by atoms with Crippen molar-refractivity contribution in [1.29, 1.82) is 0 Å². The first kappa shape index (κ1) is 17.6. The maximum absolute atomic E-state index is 12.2. The molecule has 1 aliphatic heterocycles. The Kier molecular flexibility index (Phi) is 5.76. The summed E-state index contributed by atoms with van der Waals surface area (Å²) in [5, 5.41) is 3.82. The third-order valence-electron chi connectivity index (χ3n) is 5.11. The topological polar surface area (TPSA) is 41.6 Å². The molecule has 0 radical (unpaired) electrons. The van der Waals surface area contributed by atoms with Gasteiger partial charge < -0.3 is 15.0 Å². The van der Waals surface area contributed by atoms with Crippen LogP contribution in [0.3, 0.4) is 0 Å². The third kappa shape index (κ3) is 4.87. The summed E-state index contributed by atoms with van der Waals surface area (Å²) in [6, 6.07) is 1.38. The number of hydrogen-bond donors (Lipinski definition) is 1. The van der Waals surface area contributed by atoms with Crippen molar-refractivity contribution in [3.63, 3.8) is 0 Å². The van der Waals surface area contributed by atoms with Crippen molar-refractivity contribution < 1.29 is 9.53 Å². The molecule has 2 fully saturated rings. The fourth-order valence-electron chi connectivity index (χ4n) is 3.88. The Balaban J connectivity index is 1.80. The van der Waals surface area contributed by atoms with Crippen molar-refractivity contribution in [1.82, 2.24) is 10.2 Å². The maximum atomic E-state index is 12.2. The minimum Gasteiger partial charge on any atom is -0.444 e. The standard InChI is InChI=1S/C18H34N2O2/c1-13-12-16(19-14(2)15-8-6-7-9-15)10-11-20(13)17(21)22-18(3,4)5/h13-16,19H,6-12H2,1-5H3. The van der Waals surface area contributed by atoms with Crippen LogP contribution in [0, 0.1) is 5.92 Å². The number of piperidine rings is 1. The molecule has 0 bridgehead atoms. The highest BCUT2D eigenvalue weighted by molar-refractivity contribution is 5.68. The van der Waals surface area contributed by atoms with Crippen LogP contribution in [0.1, 0.15) is 73.1 Å². The molecule has 3 unspecified atom stereocenters. The number of ether oxygens (including phenoxy) is 1. The summed E-state index contributed by atoms with van der Waals surface area (Å²) >= 11 is 0. The van der Waals surface area contributed by atoms with E-state index in [-0.39, 0.29) is 12.1 Å². The van der Waals surface area contributed by atoms with Crippen LogP contribution in [0.2, 0.25) is 0 Å². The summed E-state index contributed by atoms with van der Waals surface area (Å²) in [5.41, 5.74) is -0.414. The third-order valence-corrected chi connectivity index (χ3v) is 5.11. The van der Waals surface area contributed by atoms with Gasteiger partial charge in [0.25, 0.3) is 0 Å². The molecule has 2 rings (SSSR count). The smallest absolute Gasteiger partial charge is 0.410 e. The Morgan fingerprint density at radius 3 is 2.41 bits per heavy atom. The second-order valence-electron chi connectivity index (χ2n) is 8.24. The van der Waals surface area contributed by atoms with Crippen molar-refractivity contribution in [2.45, 2.75) is 96.9 Å². The van der Waals surface area contributed by atoms with E-state index < -0.39 is 5.60 Å². The molecule has 0 aromatic carbocycles. The number of likely N-dealkylation sites (tertiary alicyclic amines) is 1. The van der Waals surface area contributed by atoms with Gasteiger partial charge >= 0.3 is 6.09 Å². The molecule has 4 heteroatoms. The van der Waals surface area contributed by atoms with Gasteiger partial charge in [0.1, 0.15) is 5.60 Å². The van der Waals surface area contributed by atoms with Gasteiger partial charge in [-0.25, -0.2) is 4.79 Å². The van der Waals surface area contributed by atoms with Gasteiger partial charge in [-0.05, 0) is 66.2 Å². The SMILES string of the molecule is CC(NC1CCN(C(=O)OC(C)(C)C)C(C)C1)C1CCCC1. The second-order valence-corrected chi connectivity index (χ2v) is 8.24. The van der Waals surface area contributed by atoms with E-state index in [0.29, 0.717) is 12.1 Å². The van der Waals surface area contributed by atoms with E-state index in [1.54, 1.807) is 0 Å². The predicted octanol–water partition coefficient (Wildman–Crippen LogP) is 3.94. The van der Waals surface area contributed by atoms with E-state index in [4.69, 9.17) is 4.74 Å². The Labute approximate surface area is 136 Å². The summed E-state index contributed by atoms with van der Waals surface area (Å²) in [6.07, 6.45) is 7.42. The van der Waals surface area contributed by atoms with Gasteiger partial charge in [-0.15, -0.1) is 0 Å². The molecule has 1 N–H and O–H groups in total. The zero-order valence-corrected chi connectivity index (χ0v) is 15.0. The van der Waals surface area contributed by atoms with Crippen molar-refractivity contribution in [2.75, 3.05) is 6.54 Å². The van der Waals surface area contributed by atoms with Crippen LogP contribution in [0.15, 0.2) is 0 Å². The molecule has 2 aliphatic rings. The van der Waals surface area contributed by atoms with E-state index in [9.17, 15) is 4.79 Å². The minimum absolute atomic E-state index is 0.165. The van der Waals surface area contributed by atoms with Crippen LogP contribution in [-0.4, -0.2) is 41.3 Å². The summed E-state index contributed by atoms with van der Waals surface area (Å²) in [7, 11) is 0. The molecule has 1 amide bonds. The molecule has 0 aromatic heterocycles. The first-order chi connectivity index (χ1) is 10.3. The number of nitrogens with one attached hydrogen (secondary N) is 1. The number of carbonyl (C=O) groups excluding carboxylic acids is 1. The molecule has 0 spiro atoms. The summed E-state index contributed by atoms with van der Waals surface area (Å²) < 4.78 is 5.51. The summed E-state index contributed by atoms with van der Waals surface area (Å²) in [6.45, 7) is 11.0. The van der Waals surface area contributed by atoms with Crippen molar-refractivity contribution in [3.8, 4) is 0 Å². The highest BCUT2D eigenvalue weighted by Crippen LogP contribution is 2.29. The normalized spacial score (nSPS) is 28.7. The van der Waals surface area contributed by atoms with Gasteiger partial charge in [-0.1, -0.05) is 12.8 Å². The lowest BCUT2D eigenvalue weighted by Gasteiger charge is -2.40. The molecule has 1 aliphatic carbocycles. The van der Waals surface area contributed by atoms with Gasteiger partial charge in [0.2, 0.25) is 0 Å². The number of hydrogen-bond acceptors (Lipinski definition) is 3. The zero-order valence-electron chi connectivity index (χ0n) is 15.0. The van der Waals surface area contributed by atoms with Crippen LogP contribution >= 0.6 is 0 Å². The first-order valence-corrected chi connectivity index (χ1v) is 9.02. The molecular formula is C18H34N2O2. The van der Waals surface area contributed by atoms with Gasteiger partial charge in [0.15, 0.2) is 0 Å². The fourth-order valence-corrected chi connectivity index (χ4v) is 3.88. The lowest BCUT2D eigenvalue weighted by atomic mass is 9.94. The number of carbonyl (C=O) groups is 1. The van der Waals surface area contributed by atoms with Gasteiger partial charge in [0.05, 0.1) is 0 Å². The average molecular weight is 310 g/mol. The molecule has 1 heterocycles. The molecule has 1 saturated carbocycles. The molecule has 1 saturated heterocycles. The first-order valence-electron chi connectivity index (χ1n) is 9.02. The minimum atomic E-state index is -0.414. The highest BCUT2D eigenvalue weighted by Gasteiger charge is 2.33. The monoisotopic (exact) mass is 310 g/mol. The molecule has 128 valence electrons. The summed E-state index contributed by atoms with van der Waals surface area (Å²) in [5.74, 6) is 0.846. The van der Waals surface area contributed by atoms with E-state index in [1.807, 2.05) is 25.7 Å². The van der Waals surface area contributed by atoms with Gasteiger partial charge in [-0.2, -0.15) is 0 Å². The lowest BCUT2D eigenvalue weighted by Crippen LogP contribution is -2.53. The van der Waals surface area contributed by atoms with Gasteiger partial charge in [0, 0.05) is 24.7 Å². The van der Waals surface area contributed by atoms with Crippen molar-refractivity contribution >= 4 is 6.09 Å². The van der Waals surface area contributed by atoms with E-state index in [1.165, 1.54) is 25.7 Å². The van der Waals surface area contributed by atoms with Crippen LogP contribution < -0.4 is 5.32 Å². The van der Waals surface area contributed by atoms with E-state index in [0.717, 1.165) is 25.3 Å². The van der Waals surface area contributed by atoms with Crippen molar-refractivity contribution in [3.05, 3.63) is 0 Å². The Morgan fingerprint density at radius 2 is 1.86 bits per heavy atom. The van der Waals surface area contributed by atoms with Crippen molar-refractivity contribution in [2.24, 2.45) is 5.92 Å². The molecule has 22 heavy (non-hydrogen) atoms. The molecule has 0 aromatic rings. The predicted molar refractivity (Wildman–Crippen MR) is 90.0 cm³/mol. The maximum Gasteiger partial charge on any atom is 0.410 e. The Morgan fingerprint density at radius 1 is 1.23 bits per heavy atom. The average Bonchev–Trinajstić information content (AvgIpc) is 2.90. The van der Waals surface area contributed by atoms with Gasteiger partial charge in [-0.3, -0.25) is 0 Å². The number of nitrogens with zero attached hydrogens (tertiary/aromatic N) is 1. The van der Waals surface area contributed by atoms with E-state index >= 15 is 0 Å². The Hall–Kier alpha value is -0.770. The molecular weight excluding hydrogens is 276 g/mol. The molecule has 4 nitrogen and oxygen atoms in total. The fraction of sp³-hybridized carbons (Fsp3) is 0.944. The van der Waals surface area contributed by atoms with Crippen LogP contribution in [-0.2, 0) is 4.74 Å². The zero-order chi connectivity index (χ0) is 16.3. The van der Waals surface area contributed by atoms with Crippen LogP contribution in [0.25, 0.3) is 0 Å². The van der Waals surface area contributed by atoms with Crippen LogP contribution in [0.5, 0.6) is 0 Å².